The minimum absolute atomic E-state index is 0.369. The van der Waals surface area contributed by atoms with Gasteiger partial charge < -0.3 is 9.80 Å². The molecule has 2 rings (SSSR count). The number of aromatic nitrogens is 1. The Morgan fingerprint density at radius 1 is 1.32 bits per heavy atom. The van der Waals surface area contributed by atoms with E-state index in [1.807, 2.05) is 12.3 Å². The second kappa shape index (κ2) is 6.34. The Morgan fingerprint density at radius 3 is 2.63 bits per heavy atom. The molecule has 0 atom stereocenters. The largest absolute Gasteiger partial charge is 0.333 e. The van der Waals surface area contributed by atoms with E-state index in [2.05, 4.69) is 4.98 Å². The number of carbonyl (C=O) groups excluding carboxylic acids is 2. The second-order valence-electron chi connectivity index (χ2n) is 4.39. The zero-order chi connectivity index (χ0) is 13.8. The summed E-state index contributed by atoms with van der Waals surface area (Å²) < 4.78 is 0. The zero-order valence-corrected chi connectivity index (χ0v) is 12.3. The van der Waals surface area contributed by atoms with Crippen LogP contribution >= 0.6 is 22.9 Å². The van der Waals surface area contributed by atoms with Gasteiger partial charge in [-0.15, -0.1) is 22.9 Å². The molecular formula is C12H16ClN3O2S. The van der Waals surface area contributed by atoms with Gasteiger partial charge in [-0.3, -0.25) is 9.59 Å². The Hall–Kier alpha value is -1.14. The van der Waals surface area contributed by atoms with Crippen LogP contribution in [0.5, 0.6) is 0 Å². The second-order valence-corrected chi connectivity index (χ2v) is 5.60. The van der Waals surface area contributed by atoms with Gasteiger partial charge in [-0.05, 0) is 6.42 Å². The molecular weight excluding hydrogens is 286 g/mol. The number of carbonyl (C=O) groups is 2. The number of alkyl halides is 1. The molecule has 1 aromatic rings. The lowest BCUT2D eigenvalue weighted by Crippen LogP contribution is -2.53. The Morgan fingerprint density at radius 2 is 2.00 bits per heavy atom. The lowest BCUT2D eigenvalue weighted by Gasteiger charge is -2.33. The third-order valence-corrected chi connectivity index (χ3v) is 4.11. The summed E-state index contributed by atoms with van der Waals surface area (Å²) in [5.41, 5.74) is 0.810. The number of amides is 2. The van der Waals surface area contributed by atoms with Crippen molar-refractivity contribution in [3.8, 4) is 0 Å². The van der Waals surface area contributed by atoms with Crippen molar-refractivity contribution in [1.82, 2.24) is 14.8 Å². The van der Waals surface area contributed by atoms with Crippen LogP contribution in [0, 0.1) is 0 Å². The topological polar surface area (TPSA) is 53.5 Å². The summed E-state index contributed by atoms with van der Waals surface area (Å²) in [7, 11) is 0. The van der Waals surface area contributed by atoms with Gasteiger partial charge in [0.2, 0.25) is 0 Å². The van der Waals surface area contributed by atoms with E-state index in [-0.39, 0.29) is 0 Å². The number of rotatable bonds is 5. The number of piperazine rings is 1. The molecule has 1 aliphatic rings. The van der Waals surface area contributed by atoms with Crippen molar-refractivity contribution in [3.05, 3.63) is 16.1 Å². The van der Waals surface area contributed by atoms with E-state index in [4.69, 9.17) is 11.6 Å². The molecule has 7 heteroatoms. The van der Waals surface area contributed by atoms with E-state index in [9.17, 15) is 9.59 Å². The van der Waals surface area contributed by atoms with Gasteiger partial charge >= 0.3 is 11.8 Å². The molecule has 19 heavy (non-hydrogen) atoms. The highest BCUT2D eigenvalue weighted by atomic mass is 35.5. The molecule has 0 aliphatic carbocycles. The smallest absolute Gasteiger partial charge is 0.312 e. The summed E-state index contributed by atoms with van der Waals surface area (Å²) in [6.07, 6.45) is 0.866. The van der Waals surface area contributed by atoms with Gasteiger partial charge in [0, 0.05) is 25.0 Å². The van der Waals surface area contributed by atoms with E-state index >= 15 is 0 Å². The molecule has 0 unspecified atom stereocenters. The molecule has 1 saturated heterocycles. The van der Waals surface area contributed by atoms with Crippen molar-refractivity contribution >= 4 is 34.8 Å². The third-order valence-electron chi connectivity index (χ3n) is 2.95. The predicted octanol–water partition coefficient (Wildman–Crippen LogP) is 1.46. The van der Waals surface area contributed by atoms with Gasteiger partial charge in [0.1, 0.15) is 5.01 Å². The minimum Gasteiger partial charge on any atom is -0.333 e. The van der Waals surface area contributed by atoms with Crippen molar-refractivity contribution in [3.63, 3.8) is 0 Å². The lowest BCUT2D eigenvalue weighted by molar-refractivity contribution is -0.156. The Labute approximate surface area is 121 Å². The normalized spacial score (nSPS) is 16.3. The van der Waals surface area contributed by atoms with Crippen LogP contribution in [0.3, 0.4) is 0 Å². The number of hydrogen-bond acceptors (Lipinski definition) is 4. The minimum atomic E-state index is -0.428. The van der Waals surface area contributed by atoms with Gasteiger partial charge in [0.25, 0.3) is 0 Å². The first-order valence-electron chi connectivity index (χ1n) is 6.23. The number of hydrogen-bond donors (Lipinski definition) is 0. The highest BCUT2D eigenvalue weighted by Gasteiger charge is 2.32. The van der Waals surface area contributed by atoms with Crippen molar-refractivity contribution < 1.29 is 9.59 Å². The number of halogens is 1. The highest BCUT2D eigenvalue weighted by molar-refractivity contribution is 7.09. The summed E-state index contributed by atoms with van der Waals surface area (Å²) in [6.45, 7) is 4.21. The van der Waals surface area contributed by atoms with Crippen LogP contribution in [0.1, 0.15) is 24.0 Å². The molecule has 1 aromatic heterocycles. The summed E-state index contributed by atoms with van der Waals surface area (Å²) in [5, 5.41) is 2.70. The Balaban J connectivity index is 1.99. The molecule has 0 saturated carbocycles. The molecule has 0 spiro atoms. The summed E-state index contributed by atoms with van der Waals surface area (Å²) in [6, 6.07) is 0. The van der Waals surface area contributed by atoms with Crippen molar-refractivity contribution in [2.24, 2.45) is 0 Å². The molecule has 2 heterocycles. The maximum absolute atomic E-state index is 12.0. The van der Waals surface area contributed by atoms with E-state index in [0.717, 1.165) is 17.1 Å². The van der Waals surface area contributed by atoms with E-state index in [0.29, 0.717) is 32.1 Å². The van der Waals surface area contributed by atoms with Gasteiger partial charge in [-0.25, -0.2) is 4.98 Å². The number of thiazole rings is 1. The quantitative estimate of drug-likeness (QED) is 0.611. The van der Waals surface area contributed by atoms with Crippen LogP contribution in [0.25, 0.3) is 0 Å². The maximum Gasteiger partial charge on any atom is 0.312 e. The molecule has 0 aromatic carbocycles. The first-order valence-corrected chi connectivity index (χ1v) is 7.64. The molecule has 1 aliphatic heterocycles. The molecule has 0 radical (unpaired) electrons. The fraction of sp³-hybridized carbons (Fsp3) is 0.583. The number of nitrogens with zero attached hydrogens (tertiary/aromatic N) is 3. The van der Waals surface area contributed by atoms with Crippen LogP contribution in [0.15, 0.2) is 5.38 Å². The van der Waals surface area contributed by atoms with Crippen molar-refractivity contribution in [2.45, 2.75) is 25.8 Å². The summed E-state index contributed by atoms with van der Waals surface area (Å²) in [4.78, 5) is 31.3. The first-order chi connectivity index (χ1) is 9.15. The average molecular weight is 302 g/mol. The first kappa shape index (κ1) is 14.3. The fourth-order valence-corrected chi connectivity index (χ4v) is 3.03. The average Bonchev–Trinajstić information content (AvgIpc) is 2.86. The fourth-order valence-electron chi connectivity index (χ4n) is 2.00. The van der Waals surface area contributed by atoms with E-state index in [1.165, 1.54) is 11.3 Å². The van der Waals surface area contributed by atoms with Crippen LogP contribution in [-0.4, -0.2) is 46.2 Å². The van der Waals surface area contributed by atoms with Gasteiger partial charge in [-0.2, -0.15) is 0 Å². The molecule has 104 valence electrons. The molecule has 0 N–H and O–H groups in total. The Kier molecular flexibility index (Phi) is 4.76. The Bertz CT molecular complexity index is 477. The molecule has 1 fully saturated rings. The van der Waals surface area contributed by atoms with Crippen molar-refractivity contribution in [2.75, 3.05) is 19.6 Å². The monoisotopic (exact) mass is 301 g/mol. The van der Waals surface area contributed by atoms with Crippen molar-refractivity contribution in [1.29, 1.82) is 0 Å². The highest BCUT2D eigenvalue weighted by Crippen LogP contribution is 2.16. The molecule has 2 amide bonds. The zero-order valence-electron chi connectivity index (χ0n) is 10.8. The third kappa shape index (κ3) is 3.25. The van der Waals surface area contributed by atoms with E-state index < -0.39 is 11.8 Å². The maximum atomic E-state index is 12.0. The summed E-state index contributed by atoms with van der Waals surface area (Å²) in [5.74, 6) is -0.460. The predicted molar refractivity (Wildman–Crippen MR) is 74.0 cm³/mol. The van der Waals surface area contributed by atoms with Crippen LogP contribution in [0.2, 0.25) is 0 Å². The standard InChI is InChI=1S/C12H16ClN3O2S/c1-2-3-15-4-5-16(12(18)11(15)17)7-10-14-9(6-13)8-19-10/h8H,2-7H2,1H3. The van der Waals surface area contributed by atoms with E-state index in [1.54, 1.807) is 9.80 Å². The lowest BCUT2D eigenvalue weighted by atomic mass is 10.2. The van der Waals surface area contributed by atoms with Crippen LogP contribution in [-0.2, 0) is 22.0 Å². The summed E-state index contributed by atoms with van der Waals surface area (Å²) >= 11 is 7.16. The van der Waals surface area contributed by atoms with Crippen LogP contribution < -0.4 is 0 Å². The van der Waals surface area contributed by atoms with Gasteiger partial charge in [0.05, 0.1) is 18.1 Å². The molecule has 5 nitrogen and oxygen atoms in total. The van der Waals surface area contributed by atoms with Gasteiger partial charge in [0.15, 0.2) is 0 Å². The molecule has 0 bridgehead atoms. The van der Waals surface area contributed by atoms with Gasteiger partial charge in [-0.1, -0.05) is 6.92 Å². The SMILES string of the molecule is CCCN1CCN(Cc2nc(CCl)cs2)C(=O)C1=O. The van der Waals surface area contributed by atoms with Crippen LogP contribution in [0.4, 0.5) is 0 Å².